The summed E-state index contributed by atoms with van der Waals surface area (Å²) >= 11 is 0. The number of carbonyl (C=O) groups excluding carboxylic acids is 2. The fourth-order valence-corrected chi connectivity index (χ4v) is 4.95. The number of hydrogen-bond donors (Lipinski definition) is 1. The van der Waals surface area contributed by atoms with Gasteiger partial charge in [0.1, 0.15) is 11.9 Å². The minimum absolute atomic E-state index is 0.00378. The van der Waals surface area contributed by atoms with Gasteiger partial charge >= 0.3 is 0 Å². The van der Waals surface area contributed by atoms with Gasteiger partial charge in [-0.3, -0.25) is 9.59 Å². The lowest BCUT2D eigenvalue weighted by molar-refractivity contribution is -0.141. The molecule has 0 unspecified atom stereocenters. The van der Waals surface area contributed by atoms with E-state index in [1.54, 1.807) is 51.7 Å². The molecule has 0 saturated heterocycles. The summed E-state index contributed by atoms with van der Waals surface area (Å²) < 4.78 is 35.2. The summed E-state index contributed by atoms with van der Waals surface area (Å²) in [7, 11) is 6.22. The maximum absolute atomic E-state index is 14.1. The molecule has 4 rings (SSSR count). The molecule has 0 aliphatic rings. The Balaban J connectivity index is 1.62. The van der Waals surface area contributed by atoms with Gasteiger partial charge in [-0.1, -0.05) is 54.6 Å². The van der Waals surface area contributed by atoms with Crippen molar-refractivity contribution in [2.24, 2.45) is 0 Å². The average molecular weight is 601 g/mol. The second-order valence-electron chi connectivity index (χ2n) is 10.1. The third-order valence-electron chi connectivity index (χ3n) is 7.23. The summed E-state index contributed by atoms with van der Waals surface area (Å²) in [5, 5.41) is 3.02. The van der Waals surface area contributed by atoms with Gasteiger partial charge in [0.05, 0.1) is 34.9 Å². The number of ether oxygens (including phenoxy) is 4. The van der Waals surface area contributed by atoms with Crippen molar-refractivity contribution >= 4 is 11.8 Å². The molecule has 1 N–H and O–H groups in total. The summed E-state index contributed by atoms with van der Waals surface area (Å²) in [6.45, 7) is 0.418. The lowest BCUT2D eigenvalue weighted by atomic mass is 10.0. The molecule has 2 amide bonds. The first kappa shape index (κ1) is 31.9. The molecule has 0 fully saturated rings. The van der Waals surface area contributed by atoms with Crippen molar-refractivity contribution in [3.05, 3.63) is 119 Å². The van der Waals surface area contributed by atoms with Crippen LogP contribution in [0.25, 0.3) is 0 Å². The lowest BCUT2D eigenvalue weighted by Crippen LogP contribution is -2.44. The van der Waals surface area contributed by atoms with E-state index in [2.05, 4.69) is 5.32 Å². The molecule has 0 aliphatic heterocycles. The monoisotopic (exact) mass is 600 g/mol. The Labute approximate surface area is 257 Å². The SMILES string of the molecule is COc1ccc(CCNC(=O)[C@@H](c2ccccc2)N(Cc2ccc(F)cc2)C(=O)Cc2ccc(OC)c(OC)c2)cc1OC. The van der Waals surface area contributed by atoms with Crippen molar-refractivity contribution < 1.29 is 32.9 Å². The number of nitrogens with one attached hydrogen (secondary N) is 1. The number of benzene rings is 4. The number of amides is 2. The predicted molar refractivity (Wildman–Crippen MR) is 166 cm³/mol. The summed E-state index contributed by atoms with van der Waals surface area (Å²) in [5.41, 5.74) is 2.98. The molecule has 8 nitrogen and oxygen atoms in total. The van der Waals surface area contributed by atoms with Crippen molar-refractivity contribution in [1.82, 2.24) is 10.2 Å². The molecular formula is C35H37FN2O6. The molecule has 0 bridgehead atoms. The van der Waals surface area contributed by atoms with E-state index in [4.69, 9.17) is 18.9 Å². The van der Waals surface area contributed by atoms with E-state index in [1.807, 2.05) is 48.5 Å². The molecule has 4 aromatic rings. The largest absolute Gasteiger partial charge is 0.493 e. The molecule has 0 saturated carbocycles. The molecule has 0 aliphatic carbocycles. The molecule has 0 heterocycles. The van der Waals surface area contributed by atoms with E-state index in [9.17, 15) is 14.0 Å². The van der Waals surface area contributed by atoms with Crippen molar-refractivity contribution in [3.63, 3.8) is 0 Å². The topological polar surface area (TPSA) is 86.3 Å². The van der Waals surface area contributed by atoms with Crippen molar-refractivity contribution in [3.8, 4) is 23.0 Å². The second-order valence-corrected chi connectivity index (χ2v) is 10.1. The van der Waals surface area contributed by atoms with Crippen LogP contribution in [0.4, 0.5) is 4.39 Å². The lowest BCUT2D eigenvalue weighted by Gasteiger charge is -2.32. The molecule has 230 valence electrons. The number of halogens is 1. The molecule has 0 spiro atoms. The highest BCUT2D eigenvalue weighted by Gasteiger charge is 2.31. The van der Waals surface area contributed by atoms with Crippen LogP contribution < -0.4 is 24.3 Å². The van der Waals surface area contributed by atoms with E-state index >= 15 is 0 Å². The van der Waals surface area contributed by atoms with E-state index in [1.165, 1.54) is 24.1 Å². The van der Waals surface area contributed by atoms with Gasteiger partial charge in [-0.15, -0.1) is 0 Å². The highest BCUT2D eigenvalue weighted by atomic mass is 19.1. The fourth-order valence-electron chi connectivity index (χ4n) is 4.95. The molecular weight excluding hydrogens is 563 g/mol. The van der Waals surface area contributed by atoms with Crippen molar-refractivity contribution in [2.45, 2.75) is 25.4 Å². The van der Waals surface area contributed by atoms with Crippen LogP contribution in [0.2, 0.25) is 0 Å². The Bertz CT molecular complexity index is 1550. The van der Waals surface area contributed by atoms with Crippen molar-refractivity contribution in [1.29, 1.82) is 0 Å². The maximum atomic E-state index is 14.1. The maximum Gasteiger partial charge on any atom is 0.247 e. The summed E-state index contributed by atoms with van der Waals surface area (Å²) in [6.07, 6.45) is 0.537. The predicted octanol–water partition coefficient (Wildman–Crippen LogP) is 5.53. The fraction of sp³-hybridized carbons (Fsp3) is 0.257. The molecule has 4 aromatic carbocycles. The zero-order valence-electron chi connectivity index (χ0n) is 25.3. The van der Waals surface area contributed by atoms with Gasteiger partial charge in [0.2, 0.25) is 11.8 Å². The Morgan fingerprint density at radius 1 is 0.705 bits per heavy atom. The summed E-state index contributed by atoms with van der Waals surface area (Å²) in [5.74, 6) is 1.26. The van der Waals surface area contributed by atoms with E-state index in [0.717, 1.165) is 5.56 Å². The first-order valence-corrected chi connectivity index (χ1v) is 14.1. The number of rotatable bonds is 14. The van der Waals surface area contributed by atoms with Crippen LogP contribution in [0.1, 0.15) is 28.3 Å². The highest BCUT2D eigenvalue weighted by Crippen LogP contribution is 2.30. The third-order valence-corrected chi connectivity index (χ3v) is 7.23. The van der Waals surface area contributed by atoms with Gasteiger partial charge in [0.25, 0.3) is 0 Å². The molecule has 9 heteroatoms. The van der Waals surface area contributed by atoms with Gasteiger partial charge in [-0.2, -0.15) is 0 Å². The van der Waals surface area contributed by atoms with Crippen LogP contribution in [-0.2, 0) is 29.0 Å². The third kappa shape index (κ3) is 8.06. The molecule has 0 aromatic heterocycles. The normalized spacial score (nSPS) is 11.3. The highest BCUT2D eigenvalue weighted by molar-refractivity contribution is 5.89. The van der Waals surface area contributed by atoms with Gasteiger partial charge in [-0.25, -0.2) is 4.39 Å². The standard InChI is InChI=1S/C35H37FN2O6/c1-41-29-16-12-24(20-31(29)43-3)18-19-37-35(40)34(27-8-6-5-7-9-27)38(23-25-10-14-28(36)15-11-25)33(39)22-26-13-17-30(42-2)32(21-26)44-4/h5-17,20-21,34H,18-19,22-23H2,1-4H3,(H,37,40)/t34-/m1/s1. The number of hydrogen-bond acceptors (Lipinski definition) is 6. The second kappa shape index (κ2) is 15.4. The van der Waals surface area contributed by atoms with E-state index in [-0.39, 0.29) is 30.6 Å². The van der Waals surface area contributed by atoms with Crippen LogP contribution in [0.15, 0.2) is 91.0 Å². The zero-order chi connectivity index (χ0) is 31.5. The number of methoxy groups -OCH3 is 4. The van der Waals surface area contributed by atoms with Crippen molar-refractivity contribution in [2.75, 3.05) is 35.0 Å². The smallest absolute Gasteiger partial charge is 0.247 e. The van der Waals surface area contributed by atoms with Gasteiger partial charge in [0, 0.05) is 13.1 Å². The number of carbonyl (C=O) groups is 2. The summed E-state index contributed by atoms with van der Waals surface area (Å²) in [4.78, 5) is 29.5. The quantitative estimate of drug-likeness (QED) is 0.205. The first-order chi connectivity index (χ1) is 21.4. The number of nitrogens with zero attached hydrogens (tertiary/aromatic N) is 1. The van der Waals surface area contributed by atoms with Crippen LogP contribution in [0, 0.1) is 5.82 Å². The Morgan fingerprint density at radius 2 is 1.25 bits per heavy atom. The minimum Gasteiger partial charge on any atom is -0.493 e. The van der Waals surface area contributed by atoms with Gasteiger partial charge in [0.15, 0.2) is 23.0 Å². The Hall–Kier alpha value is -5.05. The minimum atomic E-state index is -0.945. The molecule has 0 radical (unpaired) electrons. The van der Waals surface area contributed by atoms with Gasteiger partial charge in [-0.05, 0) is 65.1 Å². The summed E-state index contributed by atoms with van der Waals surface area (Å²) in [6, 6.07) is 25.0. The van der Waals surface area contributed by atoms with Crippen LogP contribution in [0.3, 0.4) is 0 Å². The van der Waals surface area contributed by atoms with Gasteiger partial charge < -0.3 is 29.2 Å². The average Bonchev–Trinajstić information content (AvgIpc) is 3.05. The molecule has 44 heavy (non-hydrogen) atoms. The van der Waals surface area contributed by atoms with Crippen LogP contribution >= 0.6 is 0 Å². The Kier molecular flexibility index (Phi) is 11.2. The van der Waals surface area contributed by atoms with Crippen LogP contribution in [-0.4, -0.2) is 51.7 Å². The molecule has 1 atom stereocenters. The Morgan fingerprint density at radius 3 is 1.84 bits per heavy atom. The zero-order valence-corrected chi connectivity index (χ0v) is 25.3. The van der Waals surface area contributed by atoms with E-state index in [0.29, 0.717) is 52.7 Å². The van der Waals surface area contributed by atoms with Crippen LogP contribution in [0.5, 0.6) is 23.0 Å². The first-order valence-electron chi connectivity index (χ1n) is 14.1. The van der Waals surface area contributed by atoms with E-state index < -0.39 is 6.04 Å².